The molecule has 16 heteroatoms. The molecule has 0 radical (unpaired) electrons. The molecule has 0 saturated carbocycles. The first-order valence-electron chi connectivity index (χ1n) is 18.1. The number of non-ortho nitro benzene ring substituents is 2. The average Bonchev–Trinajstić information content (AvgIpc) is 3.52. The summed E-state index contributed by atoms with van der Waals surface area (Å²) in [7, 11) is -5.30. The van der Waals surface area contributed by atoms with E-state index in [0.29, 0.717) is 12.0 Å². The highest BCUT2D eigenvalue weighted by Crippen LogP contribution is 2.42. The lowest BCUT2D eigenvalue weighted by molar-refractivity contribution is -0.394. The highest BCUT2D eigenvalue weighted by Gasteiger charge is 2.54. The maximum atomic E-state index is 13.7. The van der Waals surface area contributed by atoms with Gasteiger partial charge >= 0.3 is 5.69 Å². The van der Waals surface area contributed by atoms with Gasteiger partial charge in [-0.1, -0.05) is 102 Å². The number of ether oxygens (including phenoxy) is 1. The largest absolute Gasteiger partial charge is 0.414 e. The molecule has 1 saturated heterocycles. The molecule has 1 aliphatic rings. The fraction of sp³-hybridized carbons (Fsp3) is 0.410. The summed E-state index contributed by atoms with van der Waals surface area (Å²) in [5, 5.41) is 27.1. The lowest BCUT2D eigenvalue weighted by atomic mass is 10.1. The van der Waals surface area contributed by atoms with Gasteiger partial charge in [-0.3, -0.25) is 29.6 Å². The van der Waals surface area contributed by atoms with Crippen molar-refractivity contribution in [2.75, 3.05) is 11.9 Å². The number of benzene rings is 3. The first kappa shape index (κ1) is 41.3. The number of aromatic nitrogens is 2. The van der Waals surface area contributed by atoms with E-state index >= 15 is 0 Å². The Balaban J connectivity index is 1.52. The highest BCUT2D eigenvalue weighted by atomic mass is 28.4. The molecular weight excluding hydrogens is 739 g/mol. The number of amides is 1. The van der Waals surface area contributed by atoms with Gasteiger partial charge in [0.2, 0.25) is 0 Å². The molecule has 1 aliphatic heterocycles. The number of carbonyl (C=O) groups excluding carboxylic acids is 1. The Morgan fingerprint density at radius 2 is 1.44 bits per heavy atom. The summed E-state index contributed by atoms with van der Waals surface area (Å²) < 4.78 is 22.4. The topological polar surface area (TPSA) is 178 Å². The number of nitro benzene ring substituents is 2. The third kappa shape index (κ3) is 8.68. The van der Waals surface area contributed by atoms with Gasteiger partial charge in [0, 0.05) is 30.3 Å². The molecule has 1 amide bonds. The molecule has 3 aromatic carbocycles. The van der Waals surface area contributed by atoms with Gasteiger partial charge in [-0.15, -0.1) is 0 Å². The van der Waals surface area contributed by atoms with Crippen molar-refractivity contribution in [3.8, 4) is 0 Å². The van der Waals surface area contributed by atoms with Crippen molar-refractivity contribution in [2.24, 2.45) is 0 Å². The quantitative estimate of drug-likeness (QED) is 0.0905. The Bertz CT molecular complexity index is 2040. The van der Waals surface area contributed by atoms with Crippen LogP contribution in [0.25, 0.3) is 0 Å². The third-order valence-electron chi connectivity index (χ3n) is 10.6. The minimum Gasteiger partial charge on any atom is -0.414 e. The summed E-state index contributed by atoms with van der Waals surface area (Å²) in [6.45, 7) is 19.3. The van der Waals surface area contributed by atoms with Crippen LogP contribution in [0.2, 0.25) is 23.2 Å². The summed E-state index contributed by atoms with van der Waals surface area (Å²) in [4.78, 5) is 52.2. The zero-order chi connectivity index (χ0) is 40.5. The van der Waals surface area contributed by atoms with Crippen LogP contribution in [-0.4, -0.2) is 60.8 Å². The van der Waals surface area contributed by atoms with Crippen molar-refractivity contribution in [3.63, 3.8) is 0 Å². The molecule has 0 unspecified atom stereocenters. The van der Waals surface area contributed by atoms with Crippen molar-refractivity contribution in [1.29, 1.82) is 0 Å². The maximum absolute atomic E-state index is 13.7. The Morgan fingerprint density at radius 1 is 0.909 bits per heavy atom. The number of hydrogen-bond donors (Lipinski definition) is 1. The van der Waals surface area contributed by atoms with Gasteiger partial charge in [0.15, 0.2) is 8.32 Å². The first-order chi connectivity index (χ1) is 25.6. The zero-order valence-electron chi connectivity index (χ0n) is 32.7. The molecule has 0 bridgehead atoms. The monoisotopic (exact) mass is 787 g/mol. The predicted molar refractivity (Wildman–Crippen MR) is 215 cm³/mol. The van der Waals surface area contributed by atoms with Gasteiger partial charge in [0.05, 0.1) is 34.2 Å². The van der Waals surface area contributed by atoms with Crippen molar-refractivity contribution in [1.82, 2.24) is 9.55 Å². The van der Waals surface area contributed by atoms with Gasteiger partial charge in [-0.05, 0) is 40.5 Å². The smallest absolute Gasteiger partial charge is 0.351 e. The minimum atomic E-state index is -3.06. The highest BCUT2D eigenvalue weighted by molar-refractivity contribution is 6.99. The van der Waals surface area contributed by atoms with Gasteiger partial charge in [0.25, 0.3) is 25.6 Å². The number of nitrogens with one attached hydrogen (secondary N) is 1. The first-order valence-corrected chi connectivity index (χ1v) is 22.9. The zero-order valence-corrected chi connectivity index (χ0v) is 34.7. The van der Waals surface area contributed by atoms with Crippen LogP contribution in [0.15, 0.2) is 89.9 Å². The summed E-state index contributed by atoms with van der Waals surface area (Å²) in [5.74, 6) is -1.00. The summed E-state index contributed by atoms with van der Waals surface area (Å²) in [6.07, 6.45) is 0.0104. The van der Waals surface area contributed by atoms with E-state index < -0.39 is 67.9 Å². The van der Waals surface area contributed by atoms with E-state index in [2.05, 4.69) is 89.2 Å². The fourth-order valence-electron chi connectivity index (χ4n) is 6.59. The predicted octanol–water partition coefficient (Wildman–Crippen LogP) is 6.87. The van der Waals surface area contributed by atoms with Crippen molar-refractivity contribution >= 4 is 50.1 Å². The molecule has 1 N–H and O–H groups in total. The van der Waals surface area contributed by atoms with Crippen LogP contribution in [-0.2, 0) is 13.6 Å². The second kappa shape index (κ2) is 15.7. The van der Waals surface area contributed by atoms with E-state index in [-0.39, 0.29) is 28.1 Å². The van der Waals surface area contributed by atoms with Gasteiger partial charge in [-0.25, -0.2) is 4.79 Å². The molecule has 1 aromatic heterocycles. The van der Waals surface area contributed by atoms with Crippen molar-refractivity contribution in [2.45, 2.75) is 96.5 Å². The standard InChI is InChI=1S/C39H49N5O9Si2/c1-26-24-42(37(46)41-35(26)40-36(45)27-20-28(43(47)48)22-29(21-27)44(49)50)34-23-32(33(52-34)25-51-54(8,9)38(2,3)4)53-55(39(5,6)7,30-16-12-10-13-17-30)31-18-14-11-15-19-31/h10-22,24,32-34H,23,25H2,1-9H3,(H,40,41,45,46)/t32-,33+,34+/m0/s1. The number of rotatable bonds is 12. The van der Waals surface area contributed by atoms with Crippen LogP contribution < -0.4 is 21.4 Å². The van der Waals surface area contributed by atoms with Crippen molar-refractivity contribution < 1.29 is 28.2 Å². The molecule has 2 heterocycles. The molecule has 4 aromatic rings. The van der Waals surface area contributed by atoms with Crippen LogP contribution in [0.1, 0.15) is 70.1 Å². The summed E-state index contributed by atoms with van der Waals surface area (Å²) in [5.41, 5.74) is -1.91. The van der Waals surface area contributed by atoms with E-state index in [1.165, 1.54) is 10.8 Å². The molecule has 1 fully saturated rings. The lowest BCUT2D eigenvalue weighted by Gasteiger charge is -2.45. The van der Waals surface area contributed by atoms with Crippen LogP contribution >= 0.6 is 0 Å². The van der Waals surface area contributed by atoms with Crippen LogP contribution in [0.5, 0.6) is 0 Å². The van der Waals surface area contributed by atoms with E-state index in [1.54, 1.807) is 6.92 Å². The van der Waals surface area contributed by atoms with Crippen LogP contribution in [0.3, 0.4) is 0 Å². The van der Waals surface area contributed by atoms with Crippen molar-refractivity contribution in [3.05, 3.63) is 127 Å². The van der Waals surface area contributed by atoms with Gasteiger partial charge in [0.1, 0.15) is 18.1 Å². The molecule has 292 valence electrons. The average molecular weight is 788 g/mol. The summed E-state index contributed by atoms with van der Waals surface area (Å²) >= 11 is 0. The summed E-state index contributed by atoms with van der Waals surface area (Å²) in [6, 6.07) is 23.2. The van der Waals surface area contributed by atoms with Crippen LogP contribution in [0.4, 0.5) is 17.2 Å². The normalized spacial score (nSPS) is 17.9. The molecule has 55 heavy (non-hydrogen) atoms. The Labute approximate surface area is 322 Å². The van der Waals surface area contributed by atoms with Gasteiger partial charge < -0.3 is 18.9 Å². The molecule has 3 atom stereocenters. The number of hydrogen-bond acceptors (Lipinski definition) is 10. The fourth-order valence-corrected chi connectivity index (χ4v) is 12.3. The second-order valence-corrected chi connectivity index (χ2v) is 25.5. The van der Waals surface area contributed by atoms with E-state index in [9.17, 15) is 29.8 Å². The van der Waals surface area contributed by atoms with E-state index in [1.807, 2.05) is 36.4 Å². The lowest BCUT2D eigenvalue weighted by Crippen LogP contribution is -2.68. The maximum Gasteiger partial charge on any atom is 0.351 e. The number of nitrogens with zero attached hydrogens (tertiary/aromatic N) is 4. The SMILES string of the molecule is Cc1cn([C@H]2C[C@H](O[Si](c3ccccc3)(c3ccccc3)C(C)(C)C)[C@@H](CO[Si](C)(C)C(C)(C)C)O2)c(=O)nc1NC(=O)c1cc([N+](=O)[O-])cc([N+](=O)[O-])c1. The third-order valence-corrected chi connectivity index (χ3v) is 20.2. The molecule has 14 nitrogen and oxygen atoms in total. The van der Waals surface area contributed by atoms with Gasteiger partial charge in [-0.2, -0.15) is 4.98 Å². The van der Waals surface area contributed by atoms with E-state index in [4.69, 9.17) is 13.6 Å². The molecule has 0 aliphatic carbocycles. The van der Waals surface area contributed by atoms with Crippen LogP contribution in [0, 0.1) is 27.2 Å². The van der Waals surface area contributed by atoms with E-state index in [0.717, 1.165) is 28.6 Å². The molecule has 0 spiro atoms. The Morgan fingerprint density at radius 3 is 1.91 bits per heavy atom. The minimum absolute atomic E-state index is 0.0623. The number of anilines is 1. The second-order valence-electron chi connectivity index (χ2n) is 16.4. The molecular formula is C39H49N5O9Si2. The Kier molecular flexibility index (Phi) is 11.8. The molecule has 5 rings (SSSR count). The number of carbonyl (C=O) groups is 1. The number of nitro groups is 2. The Hall–Kier alpha value is -4.88. The number of aryl methyl sites for hydroxylation is 1.